The van der Waals surface area contributed by atoms with Crippen LogP contribution in [0.2, 0.25) is 0 Å². The Labute approximate surface area is 97.8 Å². The molecule has 1 amide bonds. The van der Waals surface area contributed by atoms with Crippen LogP contribution in [0.15, 0.2) is 0 Å². The van der Waals surface area contributed by atoms with Crippen molar-refractivity contribution in [2.75, 3.05) is 33.8 Å². The Morgan fingerprint density at radius 2 is 2.33 bits per heavy atom. The molecule has 1 heterocycles. The number of likely N-dealkylation sites (tertiary alicyclic amines) is 1. The van der Waals surface area contributed by atoms with Gasteiger partial charge in [0.2, 0.25) is 5.91 Å². The van der Waals surface area contributed by atoms with E-state index < -0.39 is 0 Å². The van der Waals surface area contributed by atoms with Gasteiger partial charge in [0, 0.05) is 32.7 Å². The summed E-state index contributed by atoms with van der Waals surface area (Å²) < 4.78 is 5.22. The van der Waals surface area contributed by atoms with Crippen LogP contribution in [-0.2, 0) is 9.53 Å². The van der Waals surface area contributed by atoms with Gasteiger partial charge in [0.25, 0.3) is 0 Å². The molecular formula is C10H21ClN2O2. The summed E-state index contributed by atoms with van der Waals surface area (Å²) in [5, 5.41) is 3.02. The predicted molar refractivity (Wildman–Crippen MR) is 62.3 cm³/mol. The van der Waals surface area contributed by atoms with Gasteiger partial charge in [0.1, 0.15) is 0 Å². The van der Waals surface area contributed by atoms with E-state index in [0.717, 1.165) is 26.1 Å². The van der Waals surface area contributed by atoms with Crippen molar-refractivity contribution < 1.29 is 9.53 Å². The second-order valence-corrected chi connectivity index (χ2v) is 3.89. The van der Waals surface area contributed by atoms with E-state index >= 15 is 0 Å². The first-order valence-electron chi connectivity index (χ1n) is 5.15. The van der Waals surface area contributed by atoms with Crippen molar-refractivity contribution in [3.63, 3.8) is 0 Å². The summed E-state index contributed by atoms with van der Waals surface area (Å²) in [4.78, 5) is 13.7. The van der Waals surface area contributed by atoms with Gasteiger partial charge in [-0.3, -0.25) is 4.79 Å². The summed E-state index contributed by atoms with van der Waals surface area (Å²) in [6.45, 7) is 4.29. The molecule has 0 spiro atoms. The molecular weight excluding hydrogens is 216 g/mol. The van der Waals surface area contributed by atoms with E-state index in [-0.39, 0.29) is 30.3 Å². The number of hydrogen-bond donors (Lipinski definition) is 1. The second-order valence-electron chi connectivity index (χ2n) is 3.89. The lowest BCUT2D eigenvalue weighted by Crippen LogP contribution is -2.37. The lowest BCUT2D eigenvalue weighted by atomic mass is 10.1. The number of halogens is 1. The van der Waals surface area contributed by atoms with E-state index in [4.69, 9.17) is 4.74 Å². The molecule has 1 unspecified atom stereocenters. The van der Waals surface area contributed by atoms with Crippen LogP contribution in [0.3, 0.4) is 0 Å². The molecule has 1 rings (SSSR count). The molecule has 0 radical (unpaired) electrons. The first kappa shape index (κ1) is 14.7. The van der Waals surface area contributed by atoms with Crippen LogP contribution in [0.25, 0.3) is 0 Å². The number of carbonyl (C=O) groups is 1. The fourth-order valence-electron chi connectivity index (χ4n) is 1.83. The maximum atomic E-state index is 11.8. The predicted octanol–water partition coefficient (Wildman–Crippen LogP) is 0.511. The zero-order valence-electron chi connectivity index (χ0n) is 9.66. The highest BCUT2D eigenvalue weighted by Gasteiger charge is 2.28. The Morgan fingerprint density at radius 3 is 2.80 bits per heavy atom. The van der Waals surface area contributed by atoms with Gasteiger partial charge in [0.15, 0.2) is 0 Å². The first-order chi connectivity index (χ1) is 6.69. The summed E-state index contributed by atoms with van der Waals surface area (Å²) in [7, 11) is 3.57. The fraction of sp³-hybridized carbons (Fsp3) is 0.900. The third-order valence-corrected chi connectivity index (χ3v) is 2.72. The summed E-state index contributed by atoms with van der Waals surface area (Å²) in [6, 6.07) is 0. The van der Waals surface area contributed by atoms with Gasteiger partial charge in [-0.2, -0.15) is 0 Å². The maximum absolute atomic E-state index is 11.8. The van der Waals surface area contributed by atoms with Crippen LogP contribution in [0.4, 0.5) is 0 Å². The third-order valence-electron chi connectivity index (χ3n) is 2.72. The van der Waals surface area contributed by atoms with Crippen molar-refractivity contribution in [3.8, 4) is 0 Å². The molecule has 15 heavy (non-hydrogen) atoms. The van der Waals surface area contributed by atoms with Crippen molar-refractivity contribution in [1.29, 1.82) is 0 Å². The number of carbonyl (C=O) groups excluding carboxylic acids is 1. The first-order valence-corrected chi connectivity index (χ1v) is 5.15. The highest BCUT2D eigenvalue weighted by Crippen LogP contribution is 2.14. The molecule has 0 aliphatic carbocycles. The van der Waals surface area contributed by atoms with Crippen molar-refractivity contribution in [2.24, 2.45) is 5.92 Å². The summed E-state index contributed by atoms with van der Waals surface area (Å²) in [5.74, 6) is 0.300. The number of hydrogen-bond acceptors (Lipinski definition) is 3. The molecule has 0 saturated carbocycles. The fourth-order valence-corrected chi connectivity index (χ4v) is 1.83. The minimum Gasteiger partial charge on any atom is -0.380 e. The number of nitrogens with one attached hydrogen (secondary N) is 1. The standard InChI is InChI=1S/C10H20N2O2.ClH/c1-8(6-11-2)10(13)12-5-4-9(7-12)14-3;/h8-9,11H,4-7H2,1-3H3;1H/t8?,9-;/m0./s1. The van der Waals surface area contributed by atoms with E-state index in [9.17, 15) is 4.79 Å². The topological polar surface area (TPSA) is 41.6 Å². The van der Waals surface area contributed by atoms with E-state index in [0.29, 0.717) is 0 Å². The van der Waals surface area contributed by atoms with Gasteiger partial charge >= 0.3 is 0 Å². The van der Waals surface area contributed by atoms with Gasteiger partial charge in [-0.15, -0.1) is 12.4 Å². The van der Waals surface area contributed by atoms with Crippen LogP contribution < -0.4 is 5.32 Å². The Hall–Kier alpha value is -0.320. The summed E-state index contributed by atoms with van der Waals surface area (Å²) >= 11 is 0. The molecule has 0 aromatic heterocycles. The molecule has 2 atom stereocenters. The minimum absolute atomic E-state index is 0. The monoisotopic (exact) mass is 236 g/mol. The highest BCUT2D eigenvalue weighted by atomic mass is 35.5. The average Bonchev–Trinajstić information content (AvgIpc) is 2.65. The van der Waals surface area contributed by atoms with Gasteiger partial charge in [-0.1, -0.05) is 6.92 Å². The Kier molecular flexibility index (Phi) is 6.89. The van der Waals surface area contributed by atoms with Crippen LogP contribution in [0.5, 0.6) is 0 Å². The molecule has 1 aliphatic heterocycles. The molecule has 1 fully saturated rings. The number of methoxy groups -OCH3 is 1. The Bertz CT molecular complexity index is 202. The van der Waals surface area contributed by atoms with Gasteiger partial charge in [0.05, 0.1) is 6.10 Å². The number of amides is 1. The van der Waals surface area contributed by atoms with Crippen molar-refractivity contribution in [2.45, 2.75) is 19.4 Å². The lowest BCUT2D eigenvalue weighted by molar-refractivity contribution is -0.134. The Morgan fingerprint density at radius 1 is 1.67 bits per heavy atom. The number of ether oxygens (including phenoxy) is 1. The zero-order chi connectivity index (χ0) is 10.6. The van der Waals surface area contributed by atoms with Crippen LogP contribution in [-0.4, -0.2) is 50.7 Å². The highest BCUT2D eigenvalue weighted by molar-refractivity contribution is 5.85. The van der Waals surface area contributed by atoms with Crippen molar-refractivity contribution in [3.05, 3.63) is 0 Å². The quantitative estimate of drug-likeness (QED) is 0.774. The van der Waals surface area contributed by atoms with Crippen LogP contribution in [0, 0.1) is 5.92 Å². The molecule has 1 aliphatic rings. The average molecular weight is 237 g/mol. The molecule has 5 heteroatoms. The SMILES string of the molecule is CNCC(C)C(=O)N1CC[C@H](OC)C1.Cl. The van der Waals surface area contributed by atoms with Gasteiger partial charge in [-0.05, 0) is 13.5 Å². The largest absolute Gasteiger partial charge is 0.380 e. The lowest BCUT2D eigenvalue weighted by Gasteiger charge is -2.20. The normalized spacial score (nSPS) is 22.3. The number of rotatable bonds is 4. The maximum Gasteiger partial charge on any atom is 0.226 e. The van der Waals surface area contributed by atoms with Crippen molar-refractivity contribution in [1.82, 2.24) is 10.2 Å². The molecule has 1 saturated heterocycles. The minimum atomic E-state index is 0. The molecule has 4 nitrogen and oxygen atoms in total. The van der Waals surface area contributed by atoms with E-state index in [1.165, 1.54) is 0 Å². The summed E-state index contributed by atoms with van der Waals surface area (Å²) in [6.07, 6.45) is 1.20. The van der Waals surface area contributed by atoms with E-state index in [1.807, 2.05) is 18.9 Å². The van der Waals surface area contributed by atoms with Gasteiger partial charge in [-0.25, -0.2) is 0 Å². The molecule has 0 aromatic rings. The third kappa shape index (κ3) is 3.97. The van der Waals surface area contributed by atoms with Crippen LogP contribution >= 0.6 is 12.4 Å². The number of nitrogens with zero attached hydrogens (tertiary/aromatic N) is 1. The van der Waals surface area contributed by atoms with Gasteiger partial charge < -0.3 is 15.0 Å². The summed E-state index contributed by atoms with van der Waals surface area (Å²) in [5.41, 5.74) is 0. The second kappa shape index (κ2) is 7.04. The van der Waals surface area contributed by atoms with Crippen molar-refractivity contribution >= 4 is 18.3 Å². The zero-order valence-corrected chi connectivity index (χ0v) is 10.5. The van der Waals surface area contributed by atoms with E-state index in [1.54, 1.807) is 7.11 Å². The molecule has 0 bridgehead atoms. The molecule has 1 N–H and O–H groups in total. The van der Waals surface area contributed by atoms with E-state index in [2.05, 4.69) is 5.32 Å². The Balaban J connectivity index is 0.00000196. The molecule has 0 aromatic carbocycles. The molecule has 90 valence electrons. The smallest absolute Gasteiger partial charge is 0.226 e. The van der Waals surface area contributed by atoms with Crippen LogP contribution in [0.1, 0.15) is 13.3 Å².